The number of nitrogens with one attached hydrogen (secondary N) is 1. The van der Waals surface area contributed by atoms with Crippen LogP contribution in [0.5, 0.6) is 11.5 Å². The fourth-order valence-electron chi connectivity index (χ4n) is 5.11. The van der Waals surface area contributed by atoms with Gasteiger partial charge in [0.2, 0.25) is 5.91 Å². The first-order chi connectivity index (χ1) is 17.8. The standard InChI is InChI=1S/C27H30F6N2O3/c1-38-23-12-18(4-5-22(23)36)16-35-8-6-25(7-9-35,14-17-2-3-17)24(37)34-15-19-10-20(26(28,29)30)13-21(11-19)27(31,32)33/h4-5,10-13,17,36H,2-3,6-9,14-16H2,1H3,(H,34,37). The Balaban J connectivity index is 1.44. The summed E-state index contributed by atoms with van der Waals surface area (Å²) in [7, 11) is 1.47. The van der Waals surface area contributed by atoms with Crippen LogP contribution in [0.15, 0.2) is 36.4 Å². The summed E-state index contributed by atoms with van der Waals surface area (Å²) < 4.78 is 84.4. The molecular formula is C27H30F6N2O3. The Labute approximate surface area is 216 Å². The fourth-order valence-corrected chi connectivity index (χ4v) is 5.11. The molecule has 0 bridgehead atoms. The van der Waals surface area contributed by atoms with Gasteiger partial charge in [-0.1, -0.05) is 18.9 Å². The Morgan fingerprint density at radius 2 is 1.61 bits per heavy atom. The van der Waals surface area contributed by atoms with Gasteiger partial charge in [0.15, 0.2) is 11.5 Å². The van der Waals surface area contributed by atoms with Gasteiger partial charge in [-0.3, -0.25) is 9.69 Å². The molecule has 1 saturated heterocycles. The van der Waals surface area contributed by atoms with Gasteiger partial charge in [-0.25, -0.2) is 0 Å². The summed E-state index contributed by atoms with van der Waals surface area (Å²) in [5.41, 5.74) is -2.84. The summed E-state index contributed by atoms with van der Waals surface area (Å²) in [6, 6.07) is 6.48. The molecule has 2 aromatic carbocycles. The zero-order chi connectivity index (χ0) is 27.7. The maximum atomic E-state index is 13.4. The van der Waals surface area contributed by atoms with E-state index in [1.807, 2.05) is 0 Å². The fraction of sp³-hybridized carbons (Fsp3) is 0.519. The van der Waals surface area contributed by atoms with Crippen LogP contribution >= 0.6 is 0 Å². The topological polar surface area (TPSA) is 61.8 Å². The maximum absolute atomic E-state index is 13.4. The second-order valence-corrected chi connectivity index (χ2v) is 10.3. The van der Waals surface area contributed by atoms with E-state index in [2.05, 4.69) is 10.2 Å². The average Bonchev–Trinajstić information content (AvgIpc) is 3.67. The minimum absolute atomic E-state index is 0.0399. The van der Waals surface area contributed by atoms with E-state index in [-0.39, 0.29) is 23.3 Å². The second kappa shape index (κ2) is 10.7. The highest BCUT2D eigenvalue weighted by molar-refractivity contribution is 5.82. The van der Waals surface area contributed by atoms with Crippen LogP contribution in [0.2, 0.25) is 0 Å². The molecule has 1 heterocycles. The molecule has 0 atom stereocenters. The number of benzene rings is 2. The smallest absolute Gasteiger partial charge is 0.416 e. The number of aromatic hydroxyl groups is 1. The largest absolute Gasteiger partial charge is 0.504 e. The molecule has 2 aromatic rings. The first-order valence-corrected chi connectivity index (χ1v) is 12.4. The summed E-state index contributed by atoms with van der Waals surface area (Å²) in [5, 5.41) is 12.5. The molecule has 11 heteroatoms. The number of halogens is 6. The molecule has 0 aromatic heterocycles. The first kappa shape index (κ1) is 28.1. The number of carbonyl (C=O) groups is 1. The Hall–Kier alpha value is -2.95. The molecule has 2 N–H and O–H groups in total. The molecule has 1 saturated carbocycles. The van der Waals surface area contributed by atoms with Gasteiger partial charge in [0.25, 0.3) is 0 Å². The summed E-state index contributed by atoms with van der Waals surface area (Å²) in [6.45, 7) is 1.37. The number of carbonyl (C=O) groups excluding carboxylic acids is 1. The molecule has 2 aliphatic rings. The quantitative estimate of drug-likeness (QED) is 0.392. The number of phenolic OH excluding ortho intramolecular Hbond substituents is 1. The number of likely N-dealkylation sites (tertiary alicyclic amines) is 1. The van der Waals surface area contributed by atoms with Crippen LogP contribution in [0.3, 0.4) is 0 Å². The molecule has 1 aliphatic heterocycles. The molecule has 0 unspecified atom stereocenters. The van der Waals surface area contributed by atoms with Gasteiger partial charge in [0.05, 0.1) is 23.7 Å². The van der Waals surface area contributed by atoms with Gasteiger partial charge in [-0.2, -0.15) is 26.3 Å². The SMILES string of the molecule is COc1cc(CN2CCC(CC3CC3)(C(=O)NCc3cc(C(F)(F)F)cc(C(F)(F)F)c3)CC2)ccc1O. The lowest BCUT2D eigenvalue weighted by Gasteiger charge is -2.41. The van der Waals surface area contributed by atoms with Gasteiger partial charge < -0.3 is 15.2 Å². The van der Waals surface area contributed by atoms with Crippen molar-refractivity contribution in [3.8, 4) is 11.5 Å². The third kappa shape index (κ3) is 6.73. The van der Waals surface area contributed by atoms with E-state index in [4.69, 9.17) is 4.74 Å². The lowest BCUT2D eigenvalue weighted by Crippen LogP contribution is -2.48. The van der Waals surface area contributed by atoms with Crippen molar-refractivity contribution < 1.29 is 41.0 Å². The van der Waals surface area contributed by atoms with Crippen molar-refractivity contribution in [1.82, 2.24) is 10.2 Å². The van der Waals surface area contributed by atoms with Gasteiger partial charge in [0.1, 0.15) is 0 Å². The minimum atomic E-state index is -4.94. The molecule has 0 radical (unpaired) electrons. The number of phenols is 1. The van der Waals surface area contributed by atoms with E-state index >= 15 is 0 Å². The number of hydrogen-bond donors (Lipinski definition) is 2. The molecule has 38 heavy (non-hydrogen) atoms. The maximum Gasteiger partial charge on any atom is 0.416 e. The molecule has 1 amide bonds. The number of piperidine rings is 1. The number of rotatable bonds is 8. The molecule has 208 valence electrons. The van der Waals surface area contributed by atoms with Gasteiger partial charge >= 0.3 is 12.4 Å². The van der Waals surface area contributed by atoms with E-state index in [1.165, 1.54) is 7.11 Å². The lowest BCUT2D eigenvalue weighted by atomic mass is 9.73. The molecule has 2 fully saturated rings. The molecule has 5 nitrogen and oxygen atoms in total. The zero-order valence-electron chi connectivity index (χ0n) is 20.9. The molecular weight excluding hydrogens is 514 g/mol. The predicted molar refractivity (Wildman–Crippen MR) is 127 cm³/mol. The molecule has 1 aliphatic carbocycles. The predicted octanol–water partition coefficient (Wildman–Crippen LogP) is 6.14. The highest BCUT2D eigenvalue weighted by Gasteiger charge is 2.45. The van der Waals surface area contributed by atoms with Gasteiger partial charge in [-0.15, -0.1) is 0 Å². The van der Waals surface area contributed by atoms with Crippen LogP contribution in [0, 0.1) is 11.3 Å². The van der Waals surface area contributed by atoms with Crippen molar-refractivity contribution in [2.24, 2.45) is 11.3 Å². The van der Waals surface area contributed by atoms with E-state index in [1.54, 1.807) is 18.2 Å². The van der Waals surface area contributed by atoms with Crippen LogP contribution in [-0.2, 0) is 30.2 Å². The van der Waals surface area contributed by atoms with Crippen molar-refractivity contribution >= 4 is 5.91 Å². The van der Waals surface area contributed by atoms with Gasteiger partial charge in [-0.05, 0) is 79.7 Å². The normalized spacial score (nSPS) is 18.3. The van der Waals surface area contributed by atoms with E-state index in [0.29, 0.717) is 62.7 Å². The number of hydrogen-bond acceptors (Lipinski definition) is 4. The molecule has 0 spiro atoms. The Bertz CT molecular complexity index is 1120. The number of ether oxygens (including phenoxy) is 1. The van der Waals surface area contributed by atoms with Gasteiger partial charge in [0, 0.05) is 13.1 Å². The second-order valence-electron chi connectivity index (χ2n) is 10.3. The summed E-state index contributed by atoms with van der Waals surface area (Å²) in [4.78, 5) is 15.6. The Morgan fingerprint density at radius 3 is 2.13 bits per heavy atom. The third-order valence-corrected chi connectivity index (χ3v) is 7.42. The number of methoxy groups -OCH3 is 1. The van der Waals surface area contributed by atoms with E-state index in [0.717, 1.165) is 18.4 Å². The highest BCUT2D eigenvalue weighted by atomic mass is 19.4. The number of alkyl halides is 6. The zero-order valence-corrected chi connectivity index (χ0v) is 20.9. The third-order valence-electron chi connectivity index (χ3n) is 7.42. The number of amides is 1. The minimum Gasteiger partial charge on any atom is -0.504 e. The number of nitrogens with zero attached hydrogens (tertiary/aromatic N) is 1. The van der Waals surface area contributed by atoms with Crippen LogP contribution in [0.1, 0.15) is 54.4 Å². The Kier molecular flexibility index (Phi) is 7.88. The average molecular weight is 545 g/mol. The van der Waals surface area contributed by atoms with Crippen LogP contribution < -0.4 is 10.1 Å². The van der Waals surface area contributed by atoms with Crippen molar-refractivity contribution in [3.63, 3.8) is 0 Å². The Morgan fingerprint density at radius 1 is 1.00 bits per heavy atom. The van der Waals surface area contributed by atoms with E-state index < -0.39 is 35.4 Å². The summed E-state index contributed by atoms with van der Waals surface area (Å²) >= 11 is 0. The molecule has 4 rings (SSSR count). The van der Waals surface area contributed by atoms with Crippen LogP contribution in [0.4, 0.5) is 26.3 Å². The van der Waals surface area contributed by atoms with Crippen molar-refractivity contribution in [1.29, 1.82) is 0 Å². The summed E-state index contributed by atoms with van der Waals surface area (Å²) in [5.74, 6) is 0.476. The summed E-state index contributed by atoms with van der Waals surface area (Å²) in [6.07, 6.45) is -6.16. The van der Waals surface area contributed by atoms with E-state index in [9.17, 15) is 36.2 Å². The van der Waals surface area contributed by atoms with Crippen LogP contribution in [-0.4, -0.2) is 36.1 Å². The van der Waals surface area contributed by atoms with Crippen molar-refractivity contribution in [2.45, 2.75) is 57.5 Å². The highest BCUT2D eigenvalue weighted by Crippen LogP contribution is 2.46. The van der Waals surface area contributed by atoms with Crippen molar-refractivity contribution in [2.75, 3.05) is 20.2 Å². The van der Waals surface area contributed by atoms with Crippen molar-refractivity contribution in [3.05, 3.63) is 58.7 Å². The lowest BCUT2D eigenvalue weighted by molar-refractivity contribution is -0.143. The first-order valence-electron chi connectivity index (χ1n) is 12.4. The van der Waals surface area contributed by atoms with Crippen LogP contribution in [0.25, 0.3) is 0 Å². The monoisotopic (exact) mass is 544 g/mol.